The van der Waals surface area contributed by atoms with Gasteiger partial charge in [0, 0.05) is 10.0 Å². The Balaban J connectivity index is 2.12. The minimum atomic E-state index is -0.534. The molecule has 0 radical (unpaired) electrons. The molecule has 2 rings (SSSR count). The maximum absolute atomic E-state index is 13.0. The largest absolute Gasteiger partial charge is 0.460 e. The Bertz CT molecular complexity index is 900. The van der Waals surface area contributed by atoms with Gasteiger partial charge < -0.3 is 9.47 Å². The second kappa shape index (κ2) is 11.9. The average molecular weight is 505 g/mol. The molecule has 0 heterocycles. The van der Waals surface area contributed by atoms with Crippen molar-refractivity contribution in [1.29, 1.82) is 0 Å². The van der Waals surface area contributed by atoms with Crippen molar-refractivity contribution in [2.75, 3.05) is 0 Å². The lowest BCUT2D eigenvalue weighted by molar-refractivity contribution is -0.153. The maximum atomic E-state index is 13.0. The Hall–Kier alpha value is -2.30. The molecule has 6 heteroatoms. The first kappa shape index (κ1) is 27.9. The van der Waals surface area contributed by atoms with Gasteiger partial charge in [0.1, 0.15) is 13.2 Å². The number of hydrogen-bond acceptors (Lipinski definition) is 4. The number of benzene rings is 2. The molecular weight excluding hydrogens is 471 g/mol. The maximum Gasteiger partial charge on any atom is 0.313 e. The fourth-order valence-corrected chi connectivity index (χ4v) is 3.57. The molecule has 2 atom stereocenters. The van der Waals surface area contributed by atoms with Gasteiger partial charge in [-0.2, -0.15) is 0 Å². The summed E-state index contributed by atoms with van der Waals surface area (Å²) in [6, 6.07) is 14.3. The van der Waals surface area contributed by atoms with Gasteiger partial charge in [-0.25, -0.2) is 0 Å². The van der Waals surface area contributed by atoms with E-state index in [4.69, 9.17) is 32.7 Å². The zero-order chi connectivity index (χ0) is 25.5. The van der Waals surface area contributed by atoms with Crippen LogP contribution in [0.3, 0.4) is 0 Å². The molecule has 0 aliphatic heterocycles. The Morgan fingerprint density at radius 3 is 1.24 bits per heavy atom. The van der Waals surface area contributed by atoms with Crippen LogP contribution >= 0.6 is 23.2 Å². The first-order valence-electron chi connectivity index (χ1n) is 11.3. The van der Waals surface area contributed by atoms with Gasteiger partial charge in [-0.3, -0.25) is 9.59 Å². The molecular formula is C28H34Cl2O4. The minimum Gasteiger partial charge on any atom is -0.460 e. The van der Waals surface area contributed by atoms with Crippen LogP contribution in [0.25, 0.3) is 0 Å². The first-order chi connectivity index (χ1) is 15.8. The highest BCUT2D eigenvalue weighted by atomic mass is 35.5. The molecule has 4 nitrogen and oxygen atoms in total. The lowest BCUT2D eigenvalue weighted by Crippen LogP contribution is -2.31. The molecule has 0 aromatic heterocycles. The molecule has 0 unspecified atom stereocenters. The van der Waals surface area contributed by atoms with Gasteiger partial charge in [0.2, 0.25) is 0 Å². The predicted octanol–water partition coefficient (Wildman–Crippen LogP) is 7.66. The Labute approximate surface area is 213 Å². The van der Waals surface area contributed by atoms with Crippen LogP contribution in [-0.2, 0) is 32.3 Å². The fraction of sp³-hybridized carbons (Fsp3) is 0.429. The summed E-state index contributed by atoms with van der Waals surface area (Å²) in [5.41, 5.74) is 0.910. The molecule has 0 saturated carbocycles. The van der Waals surface area contributed by atoms with Crippen LogP contribution in [0.5, 0.6) is 0 Å². The number of carbonyl (C=O) groups is 2. The van der Waals surface area contributed by atoms with Gasteiger partial charge in [0.25, 0.3) is 0 Å². The van der Waals surface area contributed by atoms with Gasteiger partial charge >= 0.3 is 11.9 Å². The Morgan fingerprint density at radius 2 is 0.971 bits per heavy atom. The highest BCUT2D eigenvalue weighted by Crippen LogP contribution is 2.33. The molecule has 0 aliphatic rings. The highest BCUT2D eigenvalue weighted by Gasteiger charge is 2.34. The third-order valence-corrected chi connectivity index (χ3v) is 5.96. The van der Waals surface area contributed by atoms with E-state index in [0.717, 1.165) is 11.1 Å². The highest BCUT2D eigenvalue weighted by molar-refractivity contribution is 6.30. The van der Waals surface area contributed by atoms with E-state index in [9.17, 15) is 9.59 Å². The second-order valence-electron chi connectivity index (χ2n) is 10.5. The summed E-state index contributed by atoms with van der Waals surface area (Å²) in [6.45, 7) is 12.1. The van der Waals surface area contributed by atoms with Crippen molar-refractivity contribution in [1.82, 2.24) is 0 Å². The van der Waals surface area contributed by atoms with Crippen molar-refractivity contribution in [3.05, 3.63) is 81.9 Å². The van der Waals surface area contributed by atoms with Crippen LogP contribution in [0.2, 0.25) is 10.0 Å². The summed E-state index contributed by atoms with van der Waals surface area (Å²) in [4.78, 5) is 25.9. The molecule has 2 aromatic rings. The van der Waals surface area contributed by atoms with Crippen molar-refractivity contribution in [2.24, 2.45) is 22.7 Å². The van der Waals surface area contributed by atoms with Crippen LogP contribution in [-0.4, -0.2) is 11.9 Å². The normalized spacial score (nSPS) is 14.0. The quantitative estimate of drug-likeness (QED) is 0.273. The van der Waals surface area contributed by atoms with Gasteiger partial charge in [0.15, 0.2) is 0 Å². The zero-order valence-corrected chi connectivity index (χ0v) is 22.2. The van der Waals surface area contributed by atoms with Crippen LogP contribution < -0.4 is 0 Å². The lowest BCUT2D eigenvalue weighted by atomic mass is 9.76. The summed E-state index contributed by atoms with van der Waals surface area (Å²) in [5.74, 6) is -1.76. The van der Waals surface area contributed by atoms with Gasteiger partial charge in [-0.15, -0.1) is 0 Å². The summed E-state index contributed by atoms with van der Waals surface area (Å²) < 4.78 is 11.2. The summed E-state index contributed by atoms with van der Waals surface area (Å²) >= 11 is 11.8. The van der Waals surface area contributed by atoms with Crippen LogP contribution in [0.1, 0.15) is 52.7 Å². The molecule has 0 fully saturated rings. The second-order valence-corrected chi connectivity index (χ2v) is 11.4. The number of ether oxygens (including phenoxy) is 2. The molecule has 0 N–H and O–H groups in total. The SMILES string of the molecule is CC(C)(C)[C@H](/C=C/[C@@H](C(=O)OCc1ccc(Cl)cc1)C(C)(C)C)C(=O)OCc1ccc(Cl)cc1. The zero-order valence-electron chi connectivity index (χ0n) is 20.7. The first-order valence-corrected chi connectivity index (χ1v) is 12.0. The Morgan fingerprint density at radius 1 is 0.676 bits per heavy atom. The standard InChI is InChI=1S/C28H34Cl2O4/c1-27(2,3)23(25(31)33-17-19-7-11-21(29)12-8-19)15-16-24(28(4,5)6)26(32)34-18-20-9-13-22(30)14-10-20/h7-16,23-24H,17-18H2,1-6H3/b16-15+/t23-,24+. The third kappa shape index (κ3) is 8.81. The van der Waals surface area contributed by atoms with Crippen molar-refractivity contribution in [2.45, 2.75) is 54.8 Å². The molecule has 184 valence electrons. The molecule has 0 saturated heterocycles. The average Bonchev–Trinajstić information content (AvgIpc) is 2.73. The molecule has 0 amide bonds. The molecule has 34 heavy (non-hydrogen) atoms. The van der Waals surface area contributed by atoms with E-state index in [-0.39, 0.29) is 25.2 Å². The summed E-state index contributed by atoms with van der Waals surface area (Å²) in [5, 5.41) is 1.25. The molecule has 2 aromatic carbocycles. The lowest BCUT2D eigenvalue weighted by Gasteiger charge is -2.29. The summed E-state index contributed by atoms with van der Waals surface area (Å²) in [7, 11) is 0. The van der Waals surface area contributed by atoms with E-state index >= 15 is 0 Å². The van der Waals surface area contributed by atoms with Crippen LogP contribution in [0.15, 0.2) is 60.7 Å². The van der Waals surface area contributed by atoms with Crippen molar-refractivity contribution in [3.8, 4) is 0 Å². The van der Waals surface area contributed by atoms with Crippen LogP contribution in [0.4, 0.5) is 0 Å². The number of rotatable bonds is 8. The van der Waals surface area contributed by atoms with Gasteiger partial charge in [-0.1, -0.05) is 101 Å². The van der Waals surface area contributed by atoms with Crippen molar-refractivity contribution in [3.63, 3.8) is 0 Å². The topological polar surface area (TPSA) is 52.6 Å². The van der Waals surface area contributed by atoms with E-state index in [1.165, 1.54) is 0 Å². The number of esters is 2. The van der Waals surface area contributed by atoms with Gasteiger partial charge in [0.05, 0.1) is 11.8 Å². The van der Waals surface area contributed by atoms with Crippen LogP contribution in [0, 0.1) is 22.7 Å². The van der Waals surface area contributed by atoms with Gasteiger partial charge in [-0.05, 0) is 46.2 Å². The van der Waals surface area contributed by atoms with E-state index in [2.05, 4.69) is 0 Å². The monoisotopic (exact) mass is 504 g/mol. The van der Waals surface area contributed by atoms with E-state index < -0.39 is 22.7 Å². The molecule has 0 bridgehead atoms. The van der Waals surface area contributed by atoms with Crippen molar-refractivity contribution >= 4 is 35.1 Å². The fourth-order valence-electron chi connectivity index (χ4n) is 3.31. The number of halogens is 2. The Kier molecular flexibility index (Phi) is 9.78. The minimum absolute atomic E-state index is 0.155. The smallest absolute Gasteiger partial charge is 0.313 e. The van der Waals surface area contributed by atoms with E-state index in [1.54, 1.807) is 36.4 Å². The molecule has 0 spiro atoms. The van der Waals surface area contributed by atoms with E-state index in [0.29, 0.717) is 10.0 Å². The van der Waals surface area contributed by atoms with E-state index in [1.807, 2.05) is 65.8 Å². The number of carbonyl (C=O) groups excluding carboxylic acids is 2. The third-order valence-electron chi connectivity index (χ3n) is 5.46. The summed E-state index contributed by atoms with van der Waals surface area (Å²) in [6.07, 6.45) is 3.56. The number of hydrogen-bond donors (Lipinski definition) is 0. The molecule has 0 aliphatic carbocycles. The van der Waals surface area contributed by atoms with Crippen molar-refractivity contribution < 1.29 is 19.1 Å². The predicted molar refractivity (Wildman–Crippen MR) is 138 cm³/mol.